The third kappa shape index (κ3) is 4.48. The third-order valence-electron chi connectivity index (χ3n) is 4.30. The summed E-state index contributed by atoms with van der Waals surface area (Å²) in [4.78, 5) is 6.79. The van der Waals surface area contributed by atoms with E-state index in [2.05, 4.69) is 32.7 Å². The van der Waals surface area contributed by atoms with Gasteiger partial charge in [-0.1, -0.05) is 24.6 Å². The van der Waals surface area contributed by atoms with E-state index < -0.39 is 0 Å². The highest BCUT2D eigenvalue weighted by Gasteiger charge is 2.09. The summed E-state index contributed by atoms with van der Waals surface area (Å²) in [6.07, 6.45) is 4.04. The molecule has 23 heavy (non-hydrogen) atoms. The van der Waals surface area contributed by atoms with Gasteiger partial charge < -0.3 is 20.0 Å². The van der Waals surface area contributed by atoms with Crippen LogP contribution in [-0.4, -0.2) is 44.1 Å². The fourth-order valence-corrected chi connectivity index (χ4v) is 3.03. The van der Waals surface area contributed by atoms with E-state index in [4.69, 9.17) is 4.42 Å². The van der Waals surface area contributed by atoms with E-state index >= 15 is 0 Å². The molecule has 1 aromatic heterocycles. The molecule has 1 saturated heterocycles. The van der Waals surface area contributed by atoms with E-state index in [-0.39, 0.29) is 0 Å². The molecule has 1 aliphatic heterocycles. The Labute approximate surface area is 137 Å². The molecular formula is C18H26N4O. The van der Waals surface area contributed by atoms with Gasteiger partial charge in [0, 0.05) is 25.5 Å². The Morgan fingerprint density at radius 1 is 1.17 bits per heavy atom. The first-order valence-corrected chi connectivity index (χ1v) is 8.49. The number of fused-ring (bicyclic) bond motifs is 1. The van der Waals surface area contributed by atoms with Crippen LogP contribution in [0.25, 0.3) is 11.0 Å². The fraction of sp³-hybridized carbons (Fsp3) is 0.500. The zero-order chi connectivity index (χ0) is 15.9. The van der Waals surface area contributed by atoms with Gasteiger partial charge in [-0.15, -0.1) is 0 Å². The predicted octanol–water partition coefficient (Wildman–Crippen LogP) is 2.58. The van der Waals surface area contributed by atoms with Gasteiger partial charge in [0.1, 0.15) is 11.3 Å². The fourth-order valence-electron chi connectivity index (χ4n) is 3.03. The van der Waals surface area contributed by atoms with Crippen molar-refractivity contribution in [1.29, 1.82) is 0 Å². The zero-order valence-electron chi connectivity index (χ0n) is 13.8. The van der Waals surface area contributed by atoms with Crippen LogP contribution in [0.5, 0.6) is 0 Å². The molecule has 0 radical (unpaired) electrons. The Kier molecular flexibility index (Phi) is 5.53. The number of piperidine rings is 1. The molecule has 1 aromatic carbocycles. The maximum absolute atomic E-state index is 5.81. The van der Waals surface area contributed by atoms with Crippen molar-refractivity contribution in [2.75, 3.05) is 33.2 Å². The van der Waals surface area contributed by atoms with Crippen molar-refractivity contribution in [3.8, 4) is 0 Å². The number of rotatable bonds is 5. The summed E-state index contributed by atoms with van der Waals surface area (Å²) in [5.74, 6) is 1.74. The molecule has 0 unspecified atom stereocenters. The summed E-state index contributed by atoms with van der Waals surface area (Å²) in [6.45, 7) is 5.09. The molecule has 0 saturated carbocycles. The van der Waals surface area contributed by atoms with Gasteiger partial charge in [0.25, 0.3) is 0 Å². The number of guanidine groups is 1. The Bertz CT molecular complexity index is 610. The van der Waals surface area contributed by atoms with E-state index in [0.717, 1.165) is 35.8 Å². The molecule has 1 fully saturated rings. The summed E-state index contributed by atoms with van der Waals surface area (Å²) < 4.78 is 5.81. The largest absolute Gasteiger partial charge is 0.459 e. The highest BCUT2D eigenvalue weighted by atomic mass is 16.3. The molecule has 2 heterocycles. The zero-order valence-corrected chi connectivity index (χ0v) is 13.8. The first-order chi connectivity index (χ1) is 11.3. The monoisotopic (exact) mass is 314 g/mol. The molecule has 0 bridgehead atoms. The summed E-state index contributed by atoms with van der Waals surface area (Å²) >= 11 is 0. The summed E-state index contributed by atoms with van der Waals surface area (Å²) in [6, 6.07) is 10.1. The SMILES string of the molecule is CN=C(NCCN1CCCCC1)NCc1cc2ccccc2o1. The Morgan fingerprint density at radius 3 is 2.78 bits per heavy atom. The molecule has 0 amide bonds. The second-order valence-corrected chi connectivity index (χ2v) is 6.01. The van der Waals surface area contributed by atoms with Crippen LogP contribution in [0.2, 0.25) is 0 Å². The smallest absolute Gasteiger partial charge is 0.191 e. The normalized spacial score (nSPS) is 16.7. The van der Waals surface area contributed by atoms with Gasteiger partial charge in [-0.25, -0.2) is 0 Å². The first-order valence-electron chi connectivity index (χ1n) is 8.49. The number of hydrogen-bond acceptors (Lipinski definition) is 3. The highest BCUT2D eigenvalue weighted by Crippen LogP contribution is 2.18. The van der Waals surface area contributed by atoms with Crippen molar-refractivity contribution in [3.05, 3.63) is 36.1 Å². The summed E-state index contributed by atoms with van der Waals surface area (Å²) in [5, 5.41) is 7.82. The molecule has 1 aliphatic rings. The standard InChI is InChI=1S/C18H26N4O/c1-19-18(20-9-12-22-10-5-2-6-11-22)21-14-16-13-15-7-3-4-8-17(15)23-16/h3-4,7-8,13H,2,5-6,9-12,14H2,1H3,(H2,19,20,21). The number of nitrogens with one attached hydrogen (secondary N) is 2. The van der Waals surface area contributed by atoms with Crippen molar-refractivity contribution in [2.45, 2.75) is 25.8 Å². The van der Waals surface area contributed by atoms with E-state index in [9.17, 15) is 0 Å². The van der Waals surface area contributed by atoms with Crippen molar-refractivity contribution in [3.63, 3.8) is 0 Å². The van der Waals surface area contributed by atoms with Crippen molar-refractivity contribution >= 4 is 16.9 Å². The van der Waals surface area contributed by atoms with Crippen LogP contribution in [0, 0.1) is 0 Å². The lowest BCUT2D eigenvalue weighted by molar-refractivity contribution is 0.232. The van der Waals surface area contributed by atoms with Gasteiger partial charge in [0.05, 0.1) is 6.54 Å². The molecule has 0 atom stereocenters. The molecule has 124 valence electrons. The average Bonchev–Trinajstić information content (AvgIpc) is 3.01. The molecule has 0 aliphatic carbocycles. The predicted molar refractivity (Wildman–Crippen MR) is 94.7 cm³/mol. The summed E-state index contributed by atoms with van der Waals surface area (Å²) in [7, 11) is 1.80. The maximum Gasteiger partial charge on any atom is 0.191 e. The topological polar surface area (TPSA) is 52.8 Å². The Hall–Kier alpha value is -2.01. The molecule has 5 nitrogen and oxygen atoms in total. The van der Waals surface area contributed by atoms with Crippen LogP contribution in [0.4, 0.5) is 0 Å². The molecule has 0 spiro atoms. The van der Waals surface area contributed by atoms with Gasteiger partial charge >= 0.3 is 0 Å². The summed E-state index contributed by atoms with van der Waals surface area (Å²) in [5.41, 5.74) is 0.928. The number of para-hydroxylation sites is 1. The Morgan fingerprint density at radius 2 is 2.00 bits per heavy atom. The minimum atomic E-state index is 0.637. The maximum atomic E-state index is 5.81. The second kappa shape index (κ2) is 8.02. The van der Waals surface area contributed by atoms with E-state index in [1.165, 1.54) is 32.4 Å². The number of nitrogens with zero attached hydrogens (tertiary/aromatic N) is 2. The molecular weight excluding hydrogens is 288 g/mol. The third-order valence-corrected chi connectivity index (χ3v) is 4.30. The van der Waals surface area contributed by atoms with Gasteiger partial charge in [-0.2, -0.15) is 0 Å². The van der Waals surface area contributed by atoms with Gasteiger partial charge in [0.2, 0.25) is 0 Å². The van der Waals surface area contributed by atoms with E-state index in [1.54, 1.807) is 7.05 Å². The quantitative estimate of drug-likeness (QED) is 0.658. The van der Waals surface area contributed by atoms with Crippen LogP contribution in [0.3, 0.4) is 0 Å². The Balaban J connectivity index is 1.43. The lowest BCUT2D eigenvalue weighted by atomic mass is 10.1. The van der Waals surface area contributed by atoms with Gasteiger partial charge in [-0.05, 0) is 38.1 Å². The molecule has 2 N–H and O–H groups in total. The molecule has 5 heteroatoms. The van der Waals surface area contributed by atoms with Crippen molar-refractivity contribution < 1.29 is 4.42 Å². The molecule has 2 aromatic rings. The lowest BCUT2D eigenvalue weighted by Crippen LogP contribution is -2.42. The minimum absolute atomic E-state index is 0.637. The molecule has 3 rings (SSSR count). The van der Waals surface area contributed by atoms with Crippen molar-refractivity contribution in [1.82, 2.24) is 15.5 Å². The van der Waals surface area contributed by atoms with Crippen LogP contribution >= 0.6 is 0 Å². The first kappa shape index (κ1) is 15.9. The van der Waals surface area contributed by atoms with Crippen LogP contribution < -0.4 is 10.6 Å². The average molecular weight is 314 g/mol. The number of benzene rings is 1. The number of likely N-dealkylation sites (tertiary alicyclic amines) is 1. The number of hydrogen-bond donors (Lipinski definition) is 2. The van der Waals surface area contributed by atoms with E-state index in [0.29, 0.717) is 6.54 Å². The van der Waals surface area contributed by atoms with E-state index in [1.807, 2.05) is 18.2 Å². The van der Waals surface area contributed by atoms with Crippen LogP contribution in [0.1, 0.15) is 25.0 Å². The second-order valence-electron chi connectivity index (χ2n) is 6.01. The van der Waals surface area contributed by atoms with Crippen LogP contribution in [-0.2, 0) is 6.54 Å². The highest BCUT2D eigenvalue weighted by molar-refractivity contribution is 5.80. The lowest BCUT2D eigenvalue weighted by Gasteiger charge is -2.26. The number of aliphatic imine (C=N–C) groups is 1. The minimum Gasteiger partial charge on any atom is -0.459 e. The van der Waals surface area contributed by atoms with Crippen molar-refractivity contribution in [2.24, 2.45) is 4.99 Å². The van der Waals surface area contributed by atoms with Gasteiger partial charge in [0.15, 0.2) is 5.96 Å². The van der Waals surface area contributed by atoms with Gasteiger partial charge in [-0.3, -0.25) is 4.99 Å². The van der Waals surface area contributed by atoms with Crippen LogP contribution in [0.15, 0.2) is 39.7 Å². The number of furan rings is 1.